The van der Waals surface area contributed by atoms with Crippen LogP contribution in [-0.4, -0.2) is 45.1 Å². The lowest BCUT2D eigenvalue weighted by Crippen LogP contribution is -2.40. The van der Waals surface area contributed by atoms with Crippen molar-refractivity contribution in [3.05, 3.63) is 16.5 Å². The van der Waals surface area contributed by atoms with E-state index in [0.717, 1.165) is 30.6 Å². The Morgan fingerprint density at radius 3 is 2.65 bits per heavy atom. The highest BCUT2D eigenvalue weighted by Gasteiger charge is 2.30. The predicted molar refractivity (Wildman–Crippen MR) is 80.7 cm³/mol. The normalized spacial score (nSPS) is 18.5. The fraction of sp³-hybridized carbons (Fsp3) is 0.667. The third-order valence-electron chi connectivity index (χ3n) is 3.25. The Morgan fingerprint density at radius 1 is 1.40 bits per heavy atom. The first-order valence-electron chi connectivity index (χ1n) is 6.61. The fourth-order valence-corrected chi connectivity index (χ4v) is 5.24. The highest BCUT2D eigenvalue weighted by molar-refractivity contribution is 7.91. The first-order valence-corrected chi connectivity index (χ1v) is 9.24. The van der Waals surface area contributed by atoms with Crippen molar-refractivity contribution in [1.29, 1.82) is 0 Å². The van der Waals surface area contributed by atoms with Gasteiger partial charge in [0.25, 0.3) is 10.0 Å². The molecule has 0 atom stereocenters. The van der Waals surface area contributed by atoms with Crippen molar-refractivity contribution < 1.29 is 13.2 Å². The number of nitrogens with zero attached hydrogens (tertiary/aromatic N) is 1. The lowest BCUT2D eigenvalue weighted by molar-refractivity contribution is 0.0209. The maximum absolute atomic E-state index is 12.4. The number of halogens is 1. The smallest absolute Gasteiger partial charge is 0.252 e. The number of thiophene rings is 1. The summed E-state index contributed by atoms with van der Waals surface area (Å²) in [6.07, 6.45) is 2.43. The van der Waals surface area contributed by atoms with E-state index in [1.165, 1.54) is 4.31 Å². The second-order valence-electron chi connectivity index (χ2n) is 4.68. The Bertz CT molecular complexity index is 525. The molecule has 2 N–H and O–H groups in total. The van der Waals surface area contributed by atoms with Gasteiger partial charge in [-0.2, -0.15) is 4.31 Å². The largest absolute Gasteiger partial charge is 0.378 e. The van der Waals surface area contributed by atoms with Crippen LogP contribution >= 0.6 is 22.9 Å². The number of hydrogen-bond acceptors (Lipinski definition) is 5. The van der Waals surface area contributed by atoms with Crippen LogP contribution in [0.5, 0.6) is 0 Å². The highest BCUT2D eigenvalue weighted by Crippen LogP contribution is 2.29. The van der Waals surface area contributed by atoms with Crippen LogP contribution in [0.3, 0.4) is 0 Å². The van der Waals surface area contributed by atoms with Crippen molar-refractivity contribution in [2.24, 2.45) is 5.73 Å². The molecule has 0 radical (unpaired) electrons. The lowest BCUT2D eigenvalue weighted by atomic mass is 10.1. The SMILES string of the molecule is NCCCOC1CCN(S(=O)(=O)c2ccc(Cl)s2)CC1. The van der Waals surface area contributed by atoms with E-state index in [-0.39, 0.29) is 6.10 Å². The summed E-state index contributed by atoms with van der Waals surface area (Å²) in [5, 5.41) is 0. The summed E-state index contributed by atoms with van der Waals surface area (Å²) in [5.41, 5.74) is 5.41. The van der Waals surface area contributed by atoms with Gasteiger partial charge >= 0.3 is 0 Å². The van der Waals surface area contributed by atoms with Gasteiger partial charge in [0.2, 0.25) is 0 Å². The topological polar surface area (TPSA) is 72.6 Å². The number of ether oxygens (including phenoxy) is 1. The monoisotopic (exact) mass is 338 g/mol. The average Bonchev–Trinajstić information content (AvgIpc) is 2.87. The average molecular weight is 339 g/mol. The Labute approximate surface area is 128 Å². The number of piperidine rings is 1. The molecule has 1 fully saturated rings. The van der Waals surface area contributed by atoms with Crippen LogP contribution in [0.2, 0.25) is 4.34 Å². The quantitative estimate of drug-likeness (QED) is 0.804. The summed E-state index contributed by atoms with van der Waals surface area (Å²) in [6, 6.07) is 3.17. The van der Waals surface area contributed by atoms with E-state index >= 15 is 0 Å². The van der Waals surface area contributed by atoms with Gasteiger partial charge in [-0.3, -0.25) is 0 Å². The van der Waals surface area contributed by atoms with Crippen LogP contribution < -0.4 is 5.73 Å². The van der Waals surface area contributed by atoms with E-state index in [4.69, 9.17) is 22.1 Å². The number of rotatable bonds is 6. The molecule has 0 bridgehead atoms. The molecular weight excluding hydrogens is 320 g/mol. The van der Waals surface area contributed by atoms with Gasteiger partial charge in [0, 0.05) is 19.7 Å². The van der Waals surface area contributed by atoms with Crippen LogP contribution in [0.15, 0.2) is 16.3 Å². The van der Waals surface area contributed by atoms with Crippen LogP contribution in [0.4, 0.5) is 0 Å². The molecule has 1 saturated heterocycles. The summed E-state index contributed by atoms with van der Waals surface area (Å²) >= 11 is 6.90. The second kappa shape index (κ2) is 7.20. The van der Waals surface area contributed by atoms with Crippen molar-refractivity contribution in [3.8, 4) is 0 Å². The Morgan fingerprint density at radius 2 is 2.10 bits per heavy atom. The van der Waals surface area contributed by atoms with E-state index in [2.05, 4.69) is 0 Å². The van der Waals surface area contributed by atoms with Gasteiger partial charge in [0.15, 0.2) is 0 Å². The molecule has 0 unspecified atom stereocenters. The molecule has 8 heteroatoms. The highest BCUT2D eigenvalue weighted by atomic mass is 35.5. The molecule has 0 aliphatic carbocycles. The molecule has 0 spiro atoms. The van der Waals surface area contributed by atoms with Crippen LogP contribution in [0.1, 0.15) is 19.3 Å². The van der Waals surface area contributed by atoms with Gasteiger partial charge in [-0.1, -0.05) is 11.6 Å². The first-order chi connectivity index (χ1) is 9.54. The van der Waals surface area contributed by atoms with Gasteiger partial charge < -0.3 is 10.5 Å². The van der Waals surface area contributed by atoms with Crippen molar-refractivity contribution in [2.75, 3.05) is 26.2 Å². The zero-order valence-electron chi connectivity index (χ0n) is 11.1. The molecule has 114 valence electrons. The fourth-order valence-electron chi connectivity index (χ4n) is 2.14. The Hall–Kier alpha value is -0.180. The van der Waals surface area contributed by atoms with Gasteiger partial charge in [-0.15, -0.1) is 11.3 Å². The second-order valence-corrected chi connectivity index (χ2v) is 8.55. The maximum atomic E-state index is 12.4. The Kier molecular flexibility index (Phi) is 5.83. The molecule has 2 heterocycles. The maximum Gasteiger partial charge on any atom is 0.252 e. The molecule has 1 aromatic heterocycles. The minimum Gasteiger partial charge on any atom is -0.378 e. The predicted octanol–water partition coefficient (Wildman–Crippen LogP) is 1.92. The van der Waals surface area contributed by atoms with Crippen LogP contribution in [0, 0.1) is 0 Å². The van der Waals surface area contributed by atoms with E-state index in [1.54, 1.807) is 12.1 Å². The summed E-state index contributed by atoms with van der Waals surface area (Å²) in [4.78, 5) is 0. The van der Waals surface area contributed by atoms with E-state index in [0.29, 0.717) is 34.8 Å². The standard InChI is InChI=1S/C12H19ClN2O3S2/c13-11-2-3-12(19-11)20(16,17)15-7-4-10(5-8-15)18-9-1-6-14/h2-3,10H,1,4-9,14H2. The number of nitrogens with two attached hydrogens (primary N) is 1. The van der Waals surface area contributed by atoms with E-state index in [1.807, 2.05) is 0 Å². The molecule has 1 aliphatic rings. The molecule has 2 rings (SSSR count). The molecule has 0 saturated carbocycles. The zero-order valence-corrected chi connectivity index (χ0v) is 13.5. The molecule has 0 amide bonds. The summed E-state index contributed by atoms with van der Waals surface area (Å²) in [5.74, 6) is 0. The van der Waals surface area contributed by atoms with Crippen molar-refractivity contribution >= 4 is 33.0 Å². The molecule has 5 nitrogen and oxygen atoms in total. The Balaban J connectivity index is 1.90. The minimum atomic E-state index is -3.40. The first kappa shape index (κ1) is 16.2. The molecule has 1 aromatic rings. The molecule has 20 heavy (non-hydrogen) atoms. The van der Waals surface area contributed by atoms with E-state index < -0.39 is 10.0 Å². The van der Waals surface area contributed by atoms with Gasteiger partial charge in [-0.05, 0) is 37.9 Å². The zero-order chi connectivity index (χ0) is 14.6. The van der Waals surface area contributed by atoms with Crippen molar-refractivity contribution in [2.45, 2.75) is 29.6 Å². The molecule has 0 aromatic carbocycles. The number of hydrogen-bond donors (Lipinski definition) is 1. The van der Waals surface area contributed by atoms with Crippen LogP contribution in [-0.2, 0) is 14.8 Å². The van der Waals surface area contributed by atoms with Gasteiger partial charge in [0.05, 0.1) is 10.4 Å². The summed E-state index contributed by atoms with van der Waals surface area (Å²) in [6.45, 7) is 2.25. The van der Waals surface area contributed by atoms with Gasteiger partial charge in [-0.25, -0.2) is 8.42 Å². The van der Waals surface area contributed by atoms with Crippen molar-refractivity contribution in [1.82, 2.24) is 4.31 Å². The minimum absolute atomic E-state index is 0.139. The third kappa shape index (κ3) is 3.93. The molecule has 1 aliphatic heterocycles. The summed E-state index contributed by atoms with van der Waals surface area (Å²) in [7, 11) is -3.40. The van der Waals surface area contributed by atoms with Gasteiger partial charge in [0.1, 0.15) is 4.21 Å². The lowest BCUT2D eigenvalue weighted by Gasteiger charge is -2.30. The third-order valence-corrected chi connectivity index (χ3v) is 6.84. The van der Waals surface area contributed by atoms with Crippen molar-refractivity contribution in [3.63, 3.8) is 0 Å². The molecular formula is C12H19ClN2O3S2. The summed E-state index contributed by atoms with van der Waals surface area (Å²) < 4.78 is 32.8. The number of sulfonamides is 1. The van der Waals surface area contributed by atoms with Crippen LogP contribution in [0.25, 0.3) is 0 Å². The van der Waals surface area contributed by atoms with E-state index in [9.17, 15) is 8.42 Å².